The van der Waals surface area contributed by atoms with Gasteiger partial charge in [-0.1, -0.05) is 13.3 Å². The fraction of sp³-hybridized carbons (Fsp3) is 0.667. The molecule has 0 bridgehead atoms. The van der Waals surface area contributed by atoms with Crippen molar-refractivity contribution in [1.82, 2.24) is 30.0 Å². The molecule has 0 amide bonds. The molecule has 1 saturated heterocycles. The van der Waals surface area contributed by atoms with Crippen LogP contribution < -0.4 is 0 Å². The molecule has 1 atom stereocenters. The van der Waals surface area contributed by atoms with Gasteiger partial charge in [-0.05, 0) is 36.0 Å². The van der Waals surface area contributed by atoms with Crippen molar-refractivity contribution in [2.75, 3.05) is 33.2 Å². The third-order valence-electron chi connectivity index (χ3n) is 4.28. The van der Waals surface area contributed by atoms with Crippen molar-refractivity contribution in [2.24, 2.45) is 0 Å². The van der Waals surface area contributed by atoms with Gasteiger partial charge in [-0.2, -0.15) is 0 Å². The largest absolute Gasteiger partial charge is 0.467 e. The highest BCUT2D eigenvalue weighted by atomic mass is 16.3. The summed E-state index contributed by atoms with van der Waals surface area (Å²) in [6.07, 6.45) is 3.87. The Labute approximate surface area is 130 Å². The third kappa shape index (κ3) is 3.36. The summed E-state index contributed by atoms with van der Waals surface area (Å²) in [6, 6.07) is 4.13. The second-order valence-corrected chi connectivity index (χ2v) is 5.92. The van der Waals surface area contributed by atoms with Gasteiger partial charge in [-0.15, -0.1) is 5.10 Å². The second-order valence-electron chi connectivity index (χ2n) is 5.92. The third-order valence-corrected chi connectivity index (χ3v) is 4.28. The van der Waals surface area contributed by atoms with Crippen molar-refractivity contribution in [3.05, 3.63) is 30.0 Å². The van der Waals surface area contributed by atoms with E-state index in [0.29, 0.717) is 6.54 Å². The fourth-order valence-corrected chi connectivity index (χ4v) is 2.99. The number of likely N-dealkylation sites (N-methyl/N-ethyl adjacent to an activating group) is 1. The van der Waals surface area contributed by atoms with Gasteiger partial charge in [0, 0.05) is 26.2 Å². The highest BCUT2D eigenvalue weighted by molar-refractivity contribution is 5.02. The fourth-order valence-electron chi connectivity index (χ4n) is 2.99. The van der Waals surface area contributed by atoms with Crippen molar-refractivity contribution >= 4 is 0 Å². The number of hydrogen-bond donors (Lipinski definition) is 0. The first-order valence-electron chi connectivity index (χ1n) is 7.99. The Balaban J connectivity index is 1.78. The maximum atomic E-state index is 5.42. The van der Waals surface area contributed by atoms with Crippen LogP contribution in [0, 0.1) is 0 Å². The van der Waals surface area contributed by atoms with Crippen LogP contribution in [0.25, 0.3) is 0 Å². The van der Waals surface area contributed by atoms with Gasteiger partial charge in [0.15, 0.2) is 5.82 Å². The van der Waals surface area contributed by atoms with Crippen molar-refractivity contribution in [3.63, 3.8) is 0 Å². The molecule has 7 nitrogen and oxygen atoms in total. The minimum absolute atomic E-state index is 0.281. The summed E-state index contributed by atoms with van der Waals surface area (Å²) in [5.41, 5.74) is 0. The van der Waals surface area contributed by atoms with Crippen LogP contribution in [0.2, 0.25) is 0 Å². The summed E-state index contributed by atoms with van der Waals surface area (Å²) in [4.78, 5) is 4.87. The number of aromatic nitrogens is 4. The van der Waals surface area contributed by atoms with Gasteiger partial charge in [0.1, 0.15) is 12.3 Å². The zero-order valence-corrected chi connectivity index (χ0v) is 13.4. The molecule has 1 fully saturated rings. The molecule has 7 heteroatoms. The van der Waals surface area contributed by atoms with Gasteiger partial charge in [0.25, 0.3) is 0 Å². The normalized spacial score (nSPS) is 18.6. The zero-order valence-electron chi connectivity index (χ0n) is 13.4. The monoisotopic (exact) mass is 304 g/mol. The van der Waals surface area contributed by atoms with Crippen LogP contribution in [0.15, 0.2) is 22.8 Å². The molecule has 0 unspecified atom stereocenters. The molecule has 2 aromatic heterocycles. The van der Waals surface area contributed by atoms with E-state index in [1.807, 2.05) is 16.8 Å². The van der Waals surface area contributed by atoms with Crippen LogP contribution in [0.5, 0.6) is 0 Å². The Morgan fingerprint density at radius 1 is 1.27 bits per heavy atom. The standard InChI is InChI=1S/C15H24N6O/c1-3-5-14(20-9-7-19(2)8-10-20)15-16-17-18-21(15)12-13-6-4-11-22-13/h4,6,11,14H,3,5,7-10,12H2,1-2H3/t14-/m1/s1. The Morgan fingerprint density at radius 3 is 2.77 bits per heavy atom. The molecule has 1 aliphatic rings. The van der Waals surface area contributed by atoms with Gasteiger partial charge >= 0.3 is 0 Å². The minimum Gasteiger partial charge on any atom is -0.467 e. The average molecular weight is 304 g/mol. The van der Waals surface area contributed by atoms with Gasteiger partial charge in [-0.25, -0.2) is 4.68 Å². The molecule has 22 heavy (non-hydrogen) atoms. The number of hydrogen-bond acceptors (Lipinski definition) is 6. The molecule has 1 aliphatic heterocycles. The quantitative estimate of drug-likeness (QED) is 0.804. The van der Waals surface area contributed by atoms with Crippen LogP contribution in [0.4, 0.5) is 0 Å². The van der Waals surface area contributed by atoms with Crippen molar-refractivity contribution < 1.29 is 4.42 Å². The molecule has 120 valence electrons. The summed E-state index contributed by atoms with van der Waals surface area (Å²) in [5, 5.41) is 12.4. The van der Waals surface area contributed by atoms with Gasteiger partial charge in [0.05, 0.1) is 12.3 Å². The lowest BCUT2D eigenvalue weighted by atomic mass is 10.1. The minimum atomic E-state index is 0.281. The SMILES string of the molecule is CCC[C@H](c1nnnn1Cc1ccco1)N1CCN(C)CC1. The molecular weight excluding hydrogens is 280 g/mol. The van der Waals surface area contributed by atoms with Crippen molar-refractivity contribution in [3.8, 4) is 0 Å². The van der Waals surface area contributed by atoms with Crippen LogP contribution >= 0.6 is 0 Å². The molecule has 0 radical (unpaired) electrons. The first kappa shape index (κ1) is 15.2. The lowest BCUT2D eigenvalue weighted by Crippen LogP contribution is -2.46. The highest BCUT2D eigenvalue weighted by Crippen LogP contribution is 2.25. The van der Waals surface area contributed by atoms with Crippen LogP contribution in [-0.4, -0.2) is 63.2 Å². The van der Waals surface area contributed by atoms with E-state index in [2.05, 4.69) is 39.3 Å². The lowest BCUT2D eigenvalue weighted by Gasteiger charge is -2.37. The molecule has 0 saturated carbocycles. The van der Waals surface area contributed by atoms with Gasteiger partial charge < -0.3 is 9.32 Å². The number of tetrazole rings is 1. The van der Waals surface area contributed by atoms with Crippen molar-refractivity contribution in [1.29, 1.82) is 0 Å². The molecule has 0 spiro atoms. The van der Waals surface area contributed by atoms with E-state index in [1.54, 1.807) is 6.26 Å². The Morgan fingerprint density at radius 2 is 2.09 bits per heavy atom. The number of rotatable bonds is 6. The summed E-state index contributed by atoms with van der Waals surface area (Å²) in [6.45, 7) is 7.12. The van der Waals surface area contributed by atoms with Crippen LogP contribution in [0.1, 0.15) is 37.4 Å². The summed E-state index contributed by atoms with van der Waals surface area (Å²) >= 11 is 0. The topological polar surface area (TPSA) is 63.2 Å². The second kappa shape index (κ2) is 7.02. The predicted molar refractivity (Wildman–Crippen MR) is 82.3 cm³/mol. The number of nitrogens with zero attached hydrogens (tertiary/aromatic N) is 6. The maximum absolute atomic E-state index is 5.42. The first-order chi connectivity index (χ1) is 10.8. The lowest BCUT2D eigenvalue weighted by molar-refractivity contribution is 0.0995. The molecule has 3 rings (SSSR count). The van der Waals surface area contributed by atoms with E-state index < -0.39 is 0 Å². The Kier molecular flexibility index (Phi) is 4.84. The molecule has 0 aromatic carbocycles. The number of piperazine rings is 1. The van der Waals surface area contributed by atoms with Gasteiger partial charge in [-0.3, -0.25) is 4.90 Å². The zero-order chi connectivity index (χ0) is 15.4. The molecule has 2 aromatic rings. The molecule has 0 N–H and O–H groups in total. The predicted octanol–water partition coefficient (Wildman–Crippen LogP) is 1.40. The molecular formula is C15H24N6O. The Hall–Kier alpha value is -1.73. The van der Waals surface area contributed by atoms with E-state index in [4.69, 9.17) is 4.42 Å². The summed E-state index contributed by atoms with van der Waals surface area (Å²) < 4.78 is 7.30. The Bertz CT molecular complexity index is 558. The van der Waals surface area contributed by atoms with E-state index >= 15 is 0 Å². The first-order valence-corrected chi connectivity index (χ1v) is 7.99. The highest BCUT2D eigenvalue weighted by Gasteiger charge is 2.27. The van der Waals surface area contributed by atoms with E-state index in [1.165, 1.54) is 0 Å². The van der Waals surface area contributed by atoms with Crippen LogP contribution in [-0.2, 0) is 6.54 Å². The average Bonchev–Trinajstić information content (AvgIpc) is 3.18. The van der Waals surface area contributed by atoms with E-state index in [9.17, 15) is 0 Å². The summed E-state index contributed by atoms with van der Waals surface area (Å²) in [5.74, 6) is 1.82. The summed E-state index contributed by atoms with van der Waals surface area (Å²) in [7, 11) is 2.17. The maximum Gasteiger partial charge on any atom is 0.168 e. The van der Waals surface area contributed by atoms with E-state index in [-0.39, 0.29) is 6.04 Å². The van der Waals surface area contributed by atoms with E-state index in [0.717, 1.165) is 50.6 Å². The molecule has 3 heterocycles. The smallest absolute Gasteiger partial charge is 0.168 e. The number of furan rings is 1. The molecule has 0 aliphatic carbocycles. The van der Waals surface area contributed by atoms with Crippen molar-refractivity contribution in [2.45, 2.75) is 32.4 Å². The van der Waals surface area contributed by atoms with Gasteiger partial charge in [0.2, 0.25) is 0 Å². The van der Waals surface area contributed by atoms with Crippen LogP contribution in [0.3, 0.4) is 0 Å².